The zero-order chi connectivity index (χ0) is 28.5. The number of rotatable bonds is 6. The maximum atomic E-state index is 13.7. The van der Waals surface area contributed by atoms with Crippen LogP contribution in [0, 0.1) is 11.6 Å². The van der Waals surface area contributed by atoms with Gasteiger partial charge in [-0.05, 0) is 54.0 Å². The van der Waals surface area contributed by atoms with Gasteiger partial charge in [-0.15, -0.1) is 11.6 Å². The molecule has 0 aliphatic carbocycles. The molecule has 3 rings (SSSR count). The third-order valence-electron chi connectivity index (χ3n) is 5.48. The van der Waals surface area contributed by atoms with Crippen LogP contribution in [0.1, 0.15) is 28.7 Å². The number of piperidine rings is 1. The molecule has 2 aromatic carbocycles. The Balaban J connectivity index is 2.12. The molecular formula is C24H18ClF8NO3S. The van der Waals surface area contributed by atoms with Gasteiger partial charge in [0, 0.05) is 30.1 Å². The van der Waals surface area contributed by atoms with Gasteiger partial charge in [0.15, 0.2) is 5.78 Å². The fourth-order valence-electron chi connectivity index (χ4n) is 3.67. The molecule has 0 amide bonds. The molecule has 14 heteroatoms. The van der Waals surface area contributed by atoms with E-state index in [1.807, 2.05) is 0 Å². The van der Waals surface area contributed by atoms with Crippen LogP contribution in [0.3, 0.4) is 0 Å². The van der Waals surface area contributed by atoms with Crippen molar-refractivity contribution in [3.8, 4) is 0 Å². The van der Waals surface area contributed by atoms with Crippen molar-refractivity contribution in [1.29, 1.82) is 0 Å². The number of halogens is 9. The average molecular weight is 588 g/mol. The molecule has 0 N–H and O–H groups in total. The second-order valence-electron chi connectivity index (χ2n) is 8.27. The predicted molar refractivity (Wildman–Crippen MR) is 124 cm³/mol. The van der Waals surface area contributed by atoms with Gasteiger partial charge in [0.2, 0.25) is 10.0 Å². The molecule has 0 saturated carbocycles. The van der Waals surface area contributed by atoms with E-state index in [9.17, 15) is 48.3 Å². The van der Waals surface area contributed by atoms with Gasteiger partial charge in [-0.2, -0.15) is 30.6 Å². The highest BCUT2D eigenvalue weighted by Gasteiger charge is 2.36. The van der Waals surface area contributed by atoms with Gasteiger partial charge < -0.3 is 0 Å². The molecule has 1 aliphatic heterocycles. The van der Waals surface area contributed by atoms with E-state index >= 15 is 0 Å². The molecule has 206 valence electrons. The second-order valence-corrected chi connectivity index (χ2v) is 10.7. The third kappa shape index (κ3) is 7.00. The maximum Gasteiger partial charge on any atom is 0.419 e. The first kappa shape index (κ1) is 29.8. The molecule has 1 aliphatic rings. The van der Waals surface area contributed by atoms with E-state index in [4.69, 9.17) is 11.6 Å². The number of benzene rings is 2. The number of carbonyl (C=O) groups excluding carboxylic acids is 1. The van der Waals surface area contributed by atoms with E-state index < -0.39 is 69.8 Å². The first-order valence-corrected chi connectivity index (χ1v) is 12.9. The van der Waals surface area contributed by atoms with Gasteiger partial charge in [-0.3, -0.25) is 4.79 Å². The van der Waals surface area contributed by atoms with Crippen LogP contribution in [0.2, 0.25) is 0 Å². The van der Waals surface area contributed by atoms with Crippen molar-refractivity contribution in [3.63, 3.8) is 0 Å². The van der Waals surface area contributed by atoms with E-state index in [0.29, 0.717) is 24.3 Å². The fraction of sp³-hybridized carbons (Fsp3) is 0.292. The Kier molecular flexibility index (Phi) is 8.74. The third-order valence-corrected chi connectivity index (χ3v) is 7.60. The highest BCUT2D eigenvalue weighted by Crippen LogP contribution is 2.34. The van der Waals surface area contributed by atoms with Gasteiger partial charge in [-0.1, -0.05) is 12.1 Å². The Bertz CT molecular complexity index is 1310. The van der Waals surface area contributed by atoms with Crippen LogP contribution in [-0.2, 0) is 27.2 Å². The van der Waals surface area contributed by atoms with Crippen molar-refractivity contribution < 1.29 is 48.3 Å². The molecule has 1 saturated heterocycles. The zero-order valence-electron chi connectivity index (χ0n) is 19.1. The van der Waals surface area contributed by atoms with Crippen molar-refractivity contribution in [3.05, 3.63) is 81.4 Å². The Morgan fingerprint density at radius 1 is 0.816 bits per heavy atom. The van der Waals surface area contributed by atoms with Crippen molar-refractivity contribution in [2.24, 2.45) is 0 Å². The number of nitrogens with zero attached hydrogens (tertiary/aromatic N) is 1. The second kappa shape index (κ2) is 11.1. The topological polar surface area (TPSA) is 54.5 Å². The lowest BCUT2D eigenvalue weighted by Gasteiger charge is -2.29. The normalized spacial score (nSPS) is 18.0. The molecule has 1 fully saturated rings. The standard InChI is InChI=1S/C24H18ClF8NO3S/c25-6-1-7-38(36,37)34-12-16(8-14-2-4-20(26)18(10-14)23(28,29)30)22(35)17(13-34)9-15-3-5-21(27)19(11-15)24(31,32)33/h2-5,8-11H,1,6-7,12-13H2/b16-8+,17-9+. The molecule has 0 atom stereocenters. The maximum absolute atomic E-state index is 13.7. The van der Waals surface area contributed by atoms with Gasteiger partial charge in [0.05, 0.1) is 16.9 Å². The molecule has 0 spiro atoms. The molecule has 2 aromatic rings. The fourth-order valence-corrected chi connectivity index (χ4v) is 5.40. The number of Topliss-reactive ketones (excluding diaryl/α,β-unsaturated/α-hetero) is 1. The largest absolute Gasteiger partial charge is 0.419 e. The first-order valence-electron chi connectivity index (χ1n) is 10.8. The average Bonchev–Trinajstić information content (AvgIpc) is 2.81. The van der Waals surface area contributed by atoms with Crippen LogP contribution >= 0.6 is 11.6 Å². The summed E-state index contributed by atoms with van der Waals surface area (Å²) in [6, 6.07) is 3.84. The van der Waals surface area contributed by atoms with Crippen LogP contribution in [0.15, 0.2) is 47.5 Å². The lowest BCUT2D eigenvalue weighted by atomic mass is 9.95. The van der Waals surface area contributed by atoms with Crippen molar-refractivity contribution in [2.75, 3.05) is 24.7 Å². The van der Waals surface area contributed by atoms with Crippen LogP contribution in [-0.4, -0.2) is 43.2 Å². The molecule has 4 nitrogen and oxygen atoms in total. The van der Waals surface area contributed by atoms with E-state index in [1.165, 1.54) is 0 Å². The molecule has 0 aromatic heterocycles. The van der Waals surface area contributed by atoms with E-state index in [0.717, 1.165) is 28.6 Å². The zero-order valence-corrected chi connectivity index (χ0v) is 20.7. The Morgan fingerprint density at radius 3 is 1.61 bits per heavy atom. The minimum absolute atomic E-state index is 0.0109. The summed E-state index contributed by atoms with van der Waals surface area (Å²) in [6.07, 6.45) is -8.17. The van der Waals surface area contributed by atoms with Gasteiger partial charge in [0.25, 0.3) is 0 Å². The lowest BCUT2D eigenvalue weighted by molar-refractivity contribution is -0.140. The molecule has 0 unspecified atom stereocenters. The van der Waals surface area contributed by atoms with E-state index in [-0.39, 0.29) is 34.6 Å². The van der Waals surface area contributed by atoms with Crippen LogP contribution < -0.4 is 0 Å². The number of hydrogen-bond acceptors (Lipinski definition) is 3. The summed E-state index contributed by atoms with van der Waals surface area (Å²) < 4.78 is 133. The summed E-state index contributed by atoms with van der Waals surface area (Å²) in [7, 11) is -4.06. The highest BCUT2D eigenvalue weighted by atomic mass is 35.5. The number of sulfonamides is 1. The highest BCUT2D eigenvalue weighted by molar-refractivity contribution is 7.89. The Hall–Kier alpha value is -2.77. The van der Waals surface area contributed by atoms with Crippen LogP contribution in [0.25, 0.3) is 12.2 Å². The molecule has 0 radical (unpaired) electrons. The monoisotopic (exact) mass is 587 g/mol. The number of carbonyl (C=O) groups is 1. The predicted octanol–water partition coefficient (Wildman–Crippen LogP) is 6.31. The van der Waals surface area contributed by atoms with Gasteiger partial charge in [-0.25, -0.2) is 17.2 Å². The summed E-state index contributed by atoms with van der Waals surface area (Å²) in [5.74, 6) is -4.42. The van der Waals surface area contributed by atoms with Gasteiger partial charge >= 0.3 is 12.4 Å². The molecule has 1 heterocycles. The van der Waals surface area contributed by atoms with Crippen molar-refractivity contribution >= 4 is 39.6 Å². The summed E-state index contributed by atoms with van der Waals surface area (Å²) in [4.78, 5) is 13.1. The molecular weight excluding hydrogens is 570 g/mol. The van der Waals surface area contributed by atoms with Crippen molar-refractivity contribution in [2.45, 2.75) is 18.8 Å². The first-order chi connectivity index (χ1) is 17.5. The van der Waals surface area contributed by atoms with E-state index in [2.05, 4.69) is 0 Å². The number of ketones is 1. The summed E-state index contributed by atoms with van der Waals surface area (Å²) >= 11 is 5.57. The summed E-state index contributed by atoms with van der Waals surface area (Å²) in [6.45, 7) is -1.12. The molecule has 38 heavy (non-hydrogen) atoms. The number of alkyl halides is 7. The van der Waals surface area contributed by atoms with Gasteiger partial charge in [0.1, 0.15) is 11.6 Å². The minimum Gasteiger partial charge on any atom is -0.289 e. The minimum atomic E-state index is -5.05. The Morgan fingerprint density at radius 2 is 1.24 bits per heavy atom. The lowest BCUT2D eigenvalue weighted by Crippen LogP contribution is -2.42. The number of hydrogen-bond donors (Lipinski definition) is 0. The van der Waals surface area contributed by atoms with Crippen LogP contribution in [0.4, 0.5) is 35.1 Å². The quantitative estimate of drug-likeness (QED) is 0.226. The molecule has 0 bridgehead atoms. The SMILES string of the molecule is O=C1/C(=C/c2ccc(F)c(C(F)(F)F)c2)CN(S(=O)(=O)CCCCl)C/C1=C\c1ccc(F)c(C(F)(F)F)c1. The van der Waals surface area contributed by atoms with Crippen molar-refractivity contribution in [1.82, 2.24) is 4.31 Å². The Labute approximate surface area is 217 Å². The smallest absolute Gasteiger partial charge is 0.289 e. The summed E-state index contributed by atoms with van der Waals surface area (Å²) in [5, 5.41) is 0. The summed E-state index contributed by atoms with van der Waals surface area (Å²) in [5.41, 5.74) is -4.36. The van der Waals surface area contributed by atoms with Crippen LogP contribution in [0.5, 0.6) is 0 Å². The van der Waals surface area contributed by atoms with E-state index in [1.54, 1.807) is 0 Å².